The molecule has 0 spiro atoms. The molecular formula is C43H51N3O7S. The number of nitrogens with one attached hydrogen (secondary N) is 2. The number of allylic oxidation sites excluding steroid dienone is 2. The van der Waals surface area contributed by atoms with Crippen LogP contribution in [0.25, 0.3) is 11.1 Å². The second-order valence-electron chi connectivity index (χ2n) is 13.7. The number of nitrogens with zero attached hydrogens (tertiary/aromatic N) is 1. The fourth-order valence-corrected chi connectivity index (χ4v) is 8.12. The number of alkyl carbamates (subject to hydrolysis) is 1. The molecule has 10 nitrogen and oxygen atoms in total. The van der Waals surface area contributed by atoms with E-state index in [4.69, 9.17) is 9.47 Å². The molecule has 0 aromatic heterocycles. The number of rotatable bonds is 20. The molecule has 11 heteroatoms. The van der Waals surface area contributed by atoms with Gasteiger partial charge in [-0.25, -0.2) is 9.59 Å². The van der Waals surface area contributed by atoms with Crippen LogP contribution < -0.4 is 10.6 Å². The van der Waals surface area contributed by atoms with E-state index < -0.39 is 30.1 Å². The van der Waals surface area contributed by atoms with Crippen molar-refractivity contribution >= 4 is 35.6 Å². The average molecular weight is 754 g/mol. The zero-order valence-corrected chi connectivity index (χ0v) is 31.5. The van der Waals surface area contributed by atoms with Crippen LogP contribution in [0.15, 0.2) is 104 Å². The van der Waals surface area contributed by atoms with Crippen LogP contribution in [0.2, 0.25) is 0 Å². The van der Waals surface area contributed by atoms with E-state index in [9.17, 15) is 24.3 Å². The van der Waals surface area contributed by atoms with Crippen molar-refractivity contribution in [3.8, 4) is 11.1 Å². The highest BCUT2D eigenvalue weighted by Gasteiger charge is 2.33. The predicted octanol–water partition coefficient (Wildman–Crippen LogP) is 6.39. The van der Waals surface area contributed by atoms with Crippen molar-refractivity contribution < 1.29 is 33.8 Å². The summed E-state index contributed by atoms with van der Waals surface area (Å²) in [5.74, 6) is -0.880. The molecule has 1 aliphatic heterocycles. The number of aliphatic hydroxyl groups is 1. The summed E-state index contributed by atoms with van der Waals surface area (Å²) in [6, 6.07) is 24.2. The molecule has 0 radical (unpaired) electrons. The molecule has 4 atom stereocenters. The Morgan fingerprint density at radius 1 is 0.907 bits per heavy atom. The second-order valence-corrected chi connectivity index (χ2v) is 14.7. The highest BCUT2D eigenvalue weighted by Crippen LogP contribution is 2.44. The summed E-state index contributed by atoms with van der Waals surface area (Å²) in [5.41, 5.74) is 5.50. The maximum Gasteiger partial charge on any atom is 0.407 e. The Hall–Kier alpha value is -4.87. The van der Waals surface area contributed by atoms with Crippen molar-refractivity contribution in [2.45, 2.75) is 68.3 Å². The molecule has 1 fully saturated rings. The van der Waals surface area contributed by atoms with Crippen molar-refractivity contribution in [3.05, 3.63) is 121 Å². The third-order valence-corrected chi connectivity index (χ3v) is 11.1. The number of ether oxygens (including phenoxy) is 2. The van der Waals surface area contributed by atoms with Gasteiger partial charge in [-0.2, -0.15) is 11.8 Å². The number of hydrogen-bond donors (Lipinski definition) is 3. The largest absolute Gasteiger partial charge is 0.462 e. The van der Waals surface area contributed by atoms with Gasteiger partial charge in [0.15, 0.2) is 0 Å². The predicted molar refractivity (Wildman–Crippen MR) is 212 cm³/mol. The monoisotopic (exact) mass is 753 g/mol. The summed E-state index contributed by atoms with van der Waals surface area (Å²) >= 11 is 1.58. The lowest BCUT2D eigenvalue weighted by Crippen LogP contribution is -2.47. The quantitative estimate of drug-likeness (QED) is 0.0894. The van der Waals surface area contributed by atoms with Gasteiger partial charge in [-0.15, -0.1) is 13.2 Å². The minimum atomic E-state index is -1.00. The van der Waals surface area contributed by atoms with Gasteiger partial charge in [0.05, 0.1) is 24.6 Å². The third-order valence-electron chi connectivity index (χ3n) is 9.93. The fraction of sp³-hybridized carbons (Fsp3) is 0.395. The SMILES string of the molecule is C=CCCC(NC(=O)OCC1c2ccccc2-c2ccccc21)C(=O)OCC(CSCc1ccccc1)NC(=O)C(CC=C)CC(=O)N1CCCC1CO. The van der Waals surface area contributed by atoms with E-state index in [1.165, 1.54) is 0 Å². The van der Waals surface area contributed by atoms with Gasteiger partial charge in [0, 0.05) is 30.4 Å². The second kappa shape index (κ2) is 20.5. The van der Waals surface area contributed by atoms with Gasteiger partial charge in [-0.05, 0) is 59.9 Å². The molecule has 3 aromatic carbocycles. The molecule has 4 unspecified atom stereocenters. The topological polar surface area (TPSA) is 134 Å². The summed E-state index contributed by atoms with van der Waals surface area (Å²) in [6.07, 6.45) is 5.05. The van der Waals surface area contributed by atoms with E-state index in [2.05, 4.69) is 35.9 Å². The molecule has 1 heterocycles. The first-order chi connectivity index (χ1) is 26.3. The summed E-state index contributed by atoms with van der Waals surface area (Å²) in [7, 11) is 0. The maximum atomic E-state index is 13.7. The van der Waals surface area contributed by atoms with Gasteiger partial charge < -0.3 is 30.1 Å². The van der Waals surface area contributed by atoms with Crippen molar-refractivity contribution in [2.24, 2.45) is 5.92 Å². The highest BCUT2D eigenvalue weighted by molar-refractivity contribution is 7.98. The van der Waals surface area contributed by atoms with E-state index in [0.29, 0.717) is 24.5 Å². The van der Waals surface area contributed by atoms with Gasteiger partial charge in [0.2, 0.25) is 11.8 Å². The van der Waals surface area contributed by atoms with E-state index in [0.717, 1.165) is 40.7 Å². The molecule has 3 N–H and O–H groups in total. The number of benzene rings is 3. The van der Waals surface area contributed by atoms with Gasteiger partial charge in [0.25, 0.3) is 0 Å². The van der Waals surface area contributed by atoms with Crippen molar-refractivity contribution in [1.82, 2.24) is 15.5 Å². The van der Waals surface area contributed by atoms with Crippen LogP contribution in [-0.4, -0.2) is 84.1 Å². The van der Waals surface area contributed by atoms with Crippen LogP contribution >= 0.6 is 11.8 Å². The highest BCUT2D eigenvalue weighted by atomic mass is 32.2. The molecule has 0 bridgehead atoms. The van der Waals surface area contributed by atoms with Crippen LogP contribution in [0.3, 0.4) is 0 Å². The van der Waals surface area contributed by atoms with Crippen molar-refractivity contribution in [2.75, 3.05) is 32.1 Å². The number of carbonyl (C=O) groups excluding carboxylic acids is 4. The Kier molecular flexibility index (Phi) is 15.3. The first-order valence-electron chi connectivity index (χ1n) is 18.6. The Balaban J connectivity index is 1.21. The molecule has 1 saturated heterocycles. The first-order valence-corrected chi connectivity index (χ1v) is 19.8. The molecule has 5 rings (SSSR count). The molecule has 2 aliphatic rings. The van der Waals surface area contributed by atoms with Crippen LogP contribution in [-0.2, 0) is 29.6 Å². The average Bonchev–Trinajstić information content (AvgIpc) is 3.80. The molecule has 3 aromatic rings. The van der Waals surface area contributed by atoms with E-state index in [1.807, 2.05) is 66.7 Å². The molecule has 3 amide bonds. The summed E-state index contributed by atoms with van der Waals surface area (Å²) in [4.78, 5) is 55.2. The van der Waals surface area contributed by atoms with E-state index in [-0.39, 0.29) is 62.9 Å². The van der Waals surface area contributed by atoms with Gasteiger partial charge in [-0.3, -0.25) is 9.59 Å². The van der Waals surface area contributed by atoms with Gasteiger partial charge >= 0.3 is 12.1 Å². The zero-order chi connectivity index (χ0) is 38.3. The maximum absolute atomic E-state index is 13.7. The number of likely N-dealkylation sites (tertiary alicyclic amines) is 1. The number of carbonyl (C=O) groups is 4. The summed E-state index contributed by atoms with van der Waals surface area (Å²) in [5, 5.41) is 15.4. The van der Waals surface area contributed by atoms with Crippen molar-refractivity contribution in [1.29, 1.82) is 0 Å². The Morgan fingerprint density at radius 3 is 2.26 bits per heavy atom. The number of aliphatic hydroxyl groups excluding tert-OH is 1. The number of hydrogen-bond acceptors (Lipinski definition) is 8. The van der Waals surface area contributed by atoms with Crippen LogP contribution in [0.5, 0.6) is 0 Å². The zero-order valence-electron chi connectivity index (χ0n) is 30.7. The summed E-state index contributed by atoms with van der Waals surface area (Å²) in [6.45, 7) is 7.96. The molecule has 0 saturated carbocycles. The minimum Gasteiger partial charge on any atom is -0.462 e. The van der Waals surface area contributed by atoms with Crippen LogP contribution in [0.4, 0.5) is 4.79 Å². The van der Waals surface area contributed by atoms with Crippen LogP contribution in [0, 0.1) is 5.92 Å². The molecule has 1 aliphatic carbocycles. The number of amides is 3. The normalized spacial score (nSPS) is 16.3. The first kappa shape index (κ1) is 40.3. The number of fused-ring (bicyclic) bond motifs is 3. The van der Waals surface area contributed by atoms with Crippen molar-refractivity contribution in [3.63, 3.8) is 0 Å². The molecule has 286 valence electrons. The standard InChI is InChI=1S/C43H51N3O7S/c1-3-5-22-39(45-43(51)53-27-38-36-20-11-9-18-34(36)35-19-10-12-21-37(35)38)42(50)52-26-32(29-54-28-30-15-7-6-8-16-30)44-41(49)31(14-4-2)24-40(48)46-23-13-17-33(46)25-47/h3-4,6-12,15-16,18-21,31-33,38-39,47H,1-2,5,13-14,17,22-29H2,(H,44,49)(H,45,51). The van der Waals surface area contributed by atoms with Gasteiger partial charge in [-0.1, -0.05) is 91.0 Å². The lowest BCUT2D eigenvalue weighted by molar-refractivity contribution is -0.147. The number of esters is 1. The van der Waals surface area contributed by atoms with E-state index in [1.54, 1.807) is 28.8 Å². The Bertz CT molecular complexity index is 1710. The minimum absolute atomic E-state index is 0.0221. The number of thioether (sulfide) groups is 1. The fourth-order valence-electron chi connectivity index (χ4n) is 7.11. The lowest BCUT2D eigenvalue weighted by atomic mass is 9.98. The van der Waals surface area contributed by atoms with E-state index >= 15 is 0 Å². The smallest absolute Gasteiger partial charge is 0.407 e. The Morgan fingerprint density at radius 2 is 1.59 bits per heavy atom. The van der Waals surface area contributed by atoms with Crippen LogP contribution in [0.1, 0.15) is 61.1 Å². The third kappa shape index (κ3) is 10.9. The molecule has 54 heavy (non-hydrogen) atoms. The summed E-state index contributed by atoms with van der Waals surface area (Å²) < 4.78 is 11.5. The molecular weight excluding hydrogens is 703 g/mol. The van der Waals surface area contributed by atoms with Gasteiger partial charge in [0.1, 0.15) is 19.3 Å². The Labute approximate surface area is 322 Å². The lowest BCUT2D eigenvalue weighted by Gasteiger charge is -2.26.